The van der Waals surface area contributed by atoms with Crippen LogP contribution >= 0.6 is 28.3 Å². The maximum Gasteiger partial charge on any atom is 0.248 e. The SMILES string of the molecule is Cl.NC(=O)c1cc(Br)cc(S(=O)(=O)NC2CCCNC2)c1. The molecule has 1 aromatic carbocycles. The average molecular weight is 399 g/mol. The van der Waals surface area contributed by atoms with Crippen molar-refractivity contribution in [2.45, 2.75) is 23.8 Å². The van der Waals surface area contributed by atoms with Gasteiger partial charge >= 0.3 is 0 Å². The fraction of sp³-hybridized carbons (Fsp3) is 0.417. The second kappa shape index (κ2) is 7.55. The summed E-state index contributed by atoms with van der Waals surface area (Å²) in [4.78, 5) is 11.2. The number of nitrogens with one attached hydrogen (secondary N) is 2. The van der Waals surface area contributed by atoms with Crippen molar-refractivity contribution in [1.82, 2.24) is 10.0 Å². The van der Waals surface area contributed by atoms with Gasteiger partial charge < -0.3 is 11.1 Å². The molecule has 1 heterocycles. The lowest BCUT2D eigenvalue weighted by Gasteiger charge is -2.23. The van der Waals surface area contributed by atoms with Gasteiger partial charge in [-0.25, -0.2) is 13.1 Å². The van der Waals surface area contributed by atoms with E-state index in [0.29, 0.717) is 11.0 Å². The number of primary amides is 1. The van der Waals surface area contributed by atoms with Gasteiger partial charge in [0.15, 0.2) is 0 Å². The van der Waals surface area contributed by atoms with Crippen LogP contribution in [-0.2, 0) is 10.0 Å². The monoisotopic (exact) mass is 397 g/mol. The number of rotatable bonds is 4. The van der Waals surface area contributed by atoms with E-state index in [1.54, 1.807) is 0 Å². The van der Waals surface area contributed by atoms with Crippen LogP contribution in [0.3, 0.4) is 0 Å². The normalized spacial score (nSPS) is 18.8. The van der Waals surface area contributed by atoms with Gasteiger partial charge in [-0.05, 0) is 37.6 Å². The van der Waals surface area contributed by atoms with Crippen molar-refractivity contribution in [3.05, 3.63) is 28.2 Å². The first kappa shape index (κ1) is 18.4. The highest BCUT2D eigenvalue weighted by molar-refractivity contribution is 9.10. The quantitative estimate of drug-likeness (QED) is 0.704. The Labute approximate surface area is 138 Å². The molecule has 2 rings (SSSR count). The van der Waals surface area contributed by atoms with Crippen molar-refractivity contribution in [1.29, 1.82) is 0 Å². The topological polar surface area (TPSA) is 101 Å². The summed E-state index contributed by atoms with van der Waals surface area (Å²) in [6.07, 6.45) is 1.72. The Kier molecular flexibility index (Phi) is 6.61. The number of amides is 1. The molecule has 0 radical (unpaired) electrons. The fourth-order valence-electron chi connectivity index (χ4n) is 2.10. The van der Waals surface area contributed by atoms with Crippen molar-refractivity contribution in [2.24, 2.45) is 5.73 Å². The Balaban J connectivity index is 0.00000220. The first-order valence-electron chi connectivity index (χ1n) is 6.22. The Hall–Kier alpha value is -0.670. The van der Waals surface area contributed by atoms with Gasteiger partial charge in [0.05, 0.1) is 4.90 Å². The van der Waals surface area contributed by atoms with Gasteiger partial charge in [0.2, 0.25) is 15.9 Å². The molecule has 0 bridgehead atoms. The number of piperidine rings is 1. The number of hydrogen-bond acceptors (Lipinski definition) is 4. The van der Waals surface area contributed by atoms with E-state index in [-0.39, 0.29) is 28.9 Å². The zero-order chi connectivity index (χ0) is 14.8. The summed E-state index contributed by atoms with van der Waals surface area (Å²) in [5.74, 6) is -0.665. The van der Waals surface area contributed by atoms with E-state index in [1.807, 2.05) is 0 Å². The van der Waals surface area contributed by atoms with Crippen LogP contribution in [0.5, 0.6) is 0 Å². The molecule has 1 aromatic rings. The van der Waals surface area contributed by atoms with Crippen LogP contribution in [-0.4, -0.2) is 33.5 Å². The molecule has 0 aliphatic carbocycles. The Morgan fingerprint density at radius 2 is 2.10 bits per heavy atom. The fourth-order valence-corrected chi connectivity index (χ4v) is 4.09. The molecule has 0 saturated carbocycles. The van der Waals surface area contributed by atoms with E-state index in [9.17, 15) is 13.2 Å². The van der Waals surface area contributed by atoms with Gasteiger partial charge in [-0.15, -0.1) is 12.4 Å². The summed E-state index contributed by atoms with van der Waals surface area (Å²) >= 11 is 3.19. The number of halogens is 2. The summed E-state index contributed by atoms with van der Waals surface area (Å²) in [5, 5.41) is 3.14. The highest BCUT2D eigenvalue weighted by Gasteiger charge is 2.22. The van der Waals surface area contributed by atoms with E-state index in [4.69, 9.17) is 5.73 Å². The largest absolute Gasteiger partial charge is 0.366 e. The number of carbonyl (C=O) groups is 1. The molecule has 9 heteroatoms. The first-order valence-corrected chi connectivity index (χ1v) is 8.49. The minimum Gasteiger partial charge on any atom is -0.366 e. The van der Waals surface area contributed by atoms with Crippen LogP contribution in [0.2, 0.25) is 0 Å². The van der Waals surface area contributed by atoms with E-state index in [2.05, 4.69) is 26.0 Å². The van der Waals surface area contributed by atoms with Crippen molar-refractivity contribution < 1.29 is 13.2 Å². The molecule has 1 unspecified atom stereocenters. The van der Waals surface area contributed by atoms with Crippen molar-refractivity contribution in [3.63, 3.8) is 0 Å². The molecule has 6 nitrogen and oxygen atoms in total. The molecular weight excluding hydrogens is 382 g/mol. The summed E-state index contributed by atoms with van der Waals surface area (Å²) in [6.45, 7) is 1.51. The molecule has 1 atom stereocenters. The molecule has 1 aliphatic rings. The molecule has 1 fully saturated rings. The van der Waals surface area contributed by atoms with E-state index >= 15 is 0 Å². The van der Waals surface area contributed by atoms with Gasteiger partial charge in [0.1, 0.15) is 0 Å². The molecule has 1 aliphatic heterocycles. The summed E-state index contributed by atoms with van der Waals surface area (Å²) in [6, 6.07) is 4.09. The third kappa shape index (κ3) is 4.93. The van der Waals surface area contributed by atoms with Gasteiger partial charge in [-0.2, -0.15) is 0 Å². The number of benzene rings is 1. The molecule has 1 saturated heterocycles. The maximum absolute atomic E-state index is 12.3. The van der Waals surface area contributed by atoms with Gasteiger partial charge in [0, 0.05) is 22.6 Å². The third-order valence-electron chi connectivity index (χ3n) is 3.08. The lowest BCUT2D eigenvalue weighted by atomic mass is 10.1. The standard InChI is InChI=1S/C12H16BrN3O3S.ClH/c13-9-4-8(12(14)17)5-11(6-9)20(18,19)16-10-2-1-3-15-7-10;/h4-6,10,15-16H,1-3,7H2,(H2,14,17);1H. The second-order valence-corrected chi connectivity index (χ2v) is 7.33. The molecule has 118 valence electrons. The van der Waals surface area contributed by atoms with Crippen LogP contribution < -0.4 is 15.8 Å². The maximum atomic E-state index is 12.3. The van der Waals surface area contributed by atoms with Crippen LogP contribution in [0, 0.1) is 0 Å². The van der Waals surface area contributed by atoms with Gasteiger partial charge in [-0.3, -0.25) is 4.79 Å². The van der Waals surface area contributed by atoms with Crippen LogP contribution in [0.15, 0.2) is 27.6 Å². The highest BCUT2D eigenvalue weighted by Crippen LogP contribution is 2.20. The molecule has 4 N–H and O–H groups in total. The van der Waals surface area contributed by atoms with Crippen LogP contribution in [0.4, 0.5) is 0 Å². The average Bonchev–Trinajstić information content (AvgIpc) is 2.38. The zero-order valence-electron chi connectivity index (χ0n) is 11.1. The highest BCUT2D eigenvalue weighted by atomic mass is 79.9. The minimum absolute atomic E-state index is 0. The Morgan fingerprint density at radius 1 is 1.38 bits per heavy atom. The van der Waals surface area contributed by atoms with E-state index in [0.717, 1.165) is 19.4 Å². The zero-order valence-corrected chi connectivity index (χ0v) is 14.4. The van der Waals surface area contributed by atoms with Crippen molar-refractivity contribution in [3.8, 4) is 0 Å². The van der Waals surface area contributed by atoms with Gasteiger partial charge in [-0.1, -0.05) is 15.9 Å². The van der Waals surface area contributed by atoms with Crippen molar-refractivity contribution >= 4 is 44.3 Å². The summed E-state index contributed by atoms with van der Waals surface area (Å²) in [5.41, 5.74) is 5.35. The van der Waals surface area contributed by atoms with E-state index < -0.39 is 15.9 Å². The molecule has 0 aromatic heterocycles. The lowest BCUT2D eigenvalue weighted by molar-refractivity contribution is 0.1000. The Bertz CT molecular complexity index is 618. The van der Waals surface area contributed by atoms with Gasteiger partial charge in [0.25, 0.3) is 0 Å². The number of nitrogens with two attached hydrogens (primary N) is 1. The number of hydrogen-bond donors (Lipinski definition) is 3. The van der Waals surface area contributed by atoms with E-state index in [1.165, 1.54) is 18.2 Å². The Morgan fingerprint density at radius 3 is 2.67 bits per heavy atom. The molecule has 21 heavy (non-hydrogen) atoms. The minimum atomic E-state index is -3.67. The molecule has 1 amide bonds. The molecular formula is C12H17BrClN3O3S. The number of sulfonamides is 1. The summed E-state index contributed by atoms with van der Waals surface area (Å²) in [7, 11) is -3.67. The second-order valence-electron chi connectivity index (χ2n) is 4.70. The predicted molar refractivity (Wildman–Crippen MR) is 86.1 cm³/mol. The predicted octanol–water partition coefficient (Wildman–Crippen LogP) is 1.00. The van der Waals surface area contributed by atoms with Crippen molar-refractivity contribution in [2.75, 3.05) is 13.1 Å². The lowest BCUT2D eigenvalue weighted by Crippen LogP contribution is -2.45. The van der Waals surface area contributed by atoms with Crippen LogP contribution in [0.25, 0.3) is 0 Å². The first-order chi connectivity index (χ1) is 9.38. The number of carbonyl (C=O) groups excluding carboxylic acids is 1. The van der Waals surface area contributed by atoms with Crippen LogP contribution in [0.1, 0.15) is 23.2 Å². The summed E-state index contributed by atoms with van der Waals surface area (Å²) < 4.78 is 27.8. The smallest absolute Gasteiger partial charge is 0.248 e. The molecule has 0 spiro atoms. The third-order valence-corrected chi connectivity index (χ3v) is 5.04.